The first-order chi connectivity index (χ1) is 4.88. The molecule has 0 unspecified atom stereocenters. The van der Waals surface area contributed by atoms with Crippen molar-refractivity contribution in [3.63, 3.8) is 0 Å². The highest BCUT2D eigenvalue weighted by Gasteiger charge is 1.95. The van der Waals surface area contributed by atoms with Crippen LogP contribution in [0, 0.1) is 6.33 Å². The normalized spacial score (nSPS) is 10.5. The van der Waals surface area contributed by atoms with Crippen LogP contribution in [0.4, 0.5) is 0 Å². The molecule has 10 heavy (non-hydrogen) atoms. The zero-order valence-electron chi connectivity index (χ0n) is 5.15. The maximum absolute atomic E-state index is 4.10. The monoisotopic (exact) mass is 149 g/mol. The maximum atomic E-state index is 4.10. The van der Waals surface area contributed by atoms with Gasteiger partial charge in [-0.15, -0.1) is 0 Å². The summed E-state index contributed by atoms with van der Waals surface area (Å²) in [7, 11) is 0. The number of hydrogen-bond acceptors (Lipinski definition) is 2. The molecule has 2 rings (SSSR count). The molecule has 1 aromatic heterocycles. The highest BCUT2D eigenvalue weighted by Crippen LogP contribution is 2.11. The van der Waals surface area contributed by atoms with E-state index in [0.717, 1.165) is 11.0 Å². The van der Waals surface area contributed by atoms with Crippen LogP contribution in [-0.4, -0.2) is 8.96 Å². The number of nitrogens with zero attached hydrogens (tertiary/aromatic N) is 2. The Bertz CT molecular complexity index is 353. The molecule has 0 aliphatic heterocycles. The van der Waals surface area contributed by atoms with Gasteiger partial charge in [0.15, 0.2) is 6.33 Å². The van der Waals surface area contributed by atoms with Crippen molar-refractivity contribution in [3.8, 4) is 0 Å². The average Bonchev–Trinajstić information content (AvgIpc) is 2.34. The molecule has 1 heterocycles. The quantitative estimate of drug-likeness (QED) is 0.562. The van der Waals surface area contributed by atoms with E-state index in [0.29, 0.717) is 0 Å². The van der Waals surface area contributed by atoms with Gasteiger partial charge in [-0.2, -0.15) is 0 Å². The second-order valence-corrected chi connectivity index (χ2v) is 2.41. The van der Waals surface area contributed by atoms with Crippen molar-refractivity contribution in [1.29, 1.82) is 0 Å². The van der Waals surface area contributed by atoms with Crippen molar-refractivity contribution in [2.45, 2.75) is 0 Å². The van der Waals surface area contributed by atoms with Gasteiger partial charge in [0.25, 0.3) is 0 Å². The minimum atomic E-state index is 0.928. The molecule has 2 nitrogen and oxygen atoms in total. The van der Waals surface area contributed by atoms with Crippen LogP contribution in [0.25, 0.3) is 11.0 Å². The highest BCUT2D eigenvalue weighted by molar-refractivity contribution is 7.78. The molecular formula is C7H5N2S. The van der Waals surface area contributed by atoms with E-state index in [-0.39, 0.29) is 0 Å². The van der Waals surface area contributed by atoms with Gasteiger partial charge in [0.1, 0.15) is 0 Å². The topological polar surface area (TPSA) is 17.8 Å². The van der Waals surface area contributed by atoms with Crippen molar-refractivity contribution < 1.29 is 0 Å². The lowest BCUT2D eigenvalue weighted by molar-refractivity contribution is 1.25. The number of hydrogen-bond donors (Lipinski definition) is 1. The van der Waals surface area contributed by atoms with E-state index in [1.54, 1.807) is 3.97 Å². The fourth-order valence-corrected chi connectivity index (χ4v) is 1.11. The van der Waals surface area contributed by atoms with Crippen LogP contribution in [0.15, 0.2) is 24.3 Å². The van der Waals surface area contributed by atoms with Crippen LogP contribution in [-0.2, 0) is 0 Å². The van der Waals surface area contributed by atoms with E-state index in [2.05, 4.69) is 24.1 Å². The Balaban J connectivity index is 2.93. The Morgan fingerprint density at radius 2 is 2.20 bits per heavy atom. The second kappa shape index (κ2) is 2.02. The summed E-state index contributed by atoms with van der Waals surface area (Å²) < 4.78 is 1.58. The van der Waals surface area contributed by atoms with Crippen LogP contribution in [0.1, 0.15) is 0 Å². The van der Waals surface area contributed by atoms with Crippen molar-refractivity contribution in [2.75, 3.05) is 0 Å². The van der Waals surface area contributed by atoms with Gasteiger partial charge in [-0.1, -0.05) is 24.9 Å². The molecule has 0 aliphatic carbocycles. The van der Waals surface area contributed by atoms with Gasteiger partial charge in [-0.05, 0) is 12.1 Å². The molecule has 0 N–H and O–H groups in total. The SMILES string of the molecule is Sn1[c]nc2ccccc21. The fourth-order valence-electron chi connectivity index (χ4n) is 0.893. The fraction of sp³-hybridized carbons (Fsp3) is 0. The largest absolute Gasteiger partial charge is 0.266 e. The summed E-state index contributed by atoms with van der Waals surface area (Å²) in [6, 6.07) is 7.77. The van der Waals surface area contributed by atoms with Crippen molar-refractivity contribution in [2.24, 2.45) is 0 Å². The summed E-state index contributed by atoms with van der Waals surface area (Å²) in [4.78, 5) is 3.98. The van der Waals surface area contributed by atoms with E-state index < -0.39 is 0 Å². The highest BCUT2D eigenvalue weighted by atomic mass is 32.1. The van der Waals surface area contributed by atoms with Gasteiger partial charge in [0.05, 0.1) is 11.0 Å². The summed E-state index contributed by atoms with van der Waals surface area (Å²) in [6.45, 7) is 0. The summed E-state index contributed by atoms with van der Waals surface area (Å²) in [5, 5.41) is 0. The molecule has 0 saturated carbocycles. The van der Waals surface area contributed by atoms with Crippen LogP contribution >= 0.6 is 12.8 Å². The Kier molecular flexibility index (Phi) is 1.17. The lowest BCUT2D eigenvalue weighted by Gasteiger charge is -1.88. The van der Waals surface area contributed by atoms with E-state index in [1.807, 2.05) is 24.3 Å². The van der Waals surface area contributed by atoms with Crippen LogP contribution in [0.3, 0.4) is 0 Å². The van der Waals surface area contributed by atoms with Crippen LogP contribution in [0.2, 0.25) is 0 Å². The predicted molar refractivity (Wildman–Crippen MR) is 43.0 cm³/mol. The smallest absolute Gasteiger partial charge is 0.188 e. The molecule has 2 aromatic rings. The average molecular weight is 149 g/mol. The predicted octanol–water partition coefficient (Wildman–Crippen LogP) is 1.53. The van der Waals surface area contributed by atoms with Crippen LogP contribution in [0.5, 0.6) is 0 Å². The number of aromatic nitrogens is 2. The Morgan fingerprint density at radius 3 is 3.00 bits per heavy atom. The van der Waals surface area contributed by atoms with Crippen molar-refractivity contribution in [1.82, 2.24) is 8.96 Å². The zero-order chi connectivity index (χ0) is 6.97. The molecule has 1 aromatic carbocycles. The second-order valence-electron chi connectivity index (χ2n) is 2.01. The summed E-state index contributed by atoms with van der Waals surface area (Å²) in [5.41, 5.74) is 1.92. The van der Waals surface area contributed by atoms with E-state index >= 15 is 0 Å². The maximum Gasteiger partial charge on any atom is 0.188 e. The van der Waals surface area contributed by atoms with Crippen molar-refractivity contribution in [3.05, 3.63) is 30.6 Å². The third kappa shape index (κ3) is 0.708. The Morgan fingerprint density at radius 1 is 1.40 bits per heavy atom. The number of benzene rings is 1. The Labute approximate surface area is 64.0 Å². The number of para-hydroxylation sites is 2. The molecule has 0 amide bonds. The number of fused-ring (bicyclic) bond motifs is 1. The standard InChI is InChI=1S/C7H5N2S/c10-9-5-8-6-3-1-2-4-7(6)9/h1-4,10H. The van der Waals surface area contributed by atoms with E-state index in [4.69, 9.17) is 0 Å². The summed E-state index contributed by atoms with van der Waals surface area (Å²) in [5.74, 6) is 0. The van der Waals surface area contributed by atoms with Gasteiger partial charge < -0.3 is 0 Å². The number of thiol groups is 1. The minimum absolute atomic E-state index is 0.928. The van der Waals surface area contributed by atoms with Gasteiger partial charge in [-0.25, -0.2) is 4.98 Å². The third-order valence-corrected chi connectivity index (χ3v) is 1.68. The lowest BCUT2D eigenvalue weighted by atomic mass is 10.3. The van der Waals surface area contributed by atoms with E-state index in [9.17, 15) is 0 Å². The van der Waals surface area contributed by atoms with Gasteiger partial charge in [0, 0.05) is 0 Å². The zero-order valence-corrected chi connectivity index (χ0v) is 6.05. The third-order valence-electron chi connectivity index (χ3n) is 1.38. The summed E-state index contributed by atoms with van der Waals surface area (Å²) in [6.07, 6.45) is 2.71. The number of rotatable bonds is 0. The first-order valence-corrected chi connectivity index (χ1v) is 3.32. The molecule has 0 atom stereocenters. The number of imidazole rings is 1. The Hall–Kier alpha value is -0.960. The lowest BCUT2D eigenvalue weighted by Crippen LogP contribution is -1.73. The molecule has 49 valence electrons. The van der Waals surface area contributed by atoms with Crippen LogP contribution < -0.4 is 0 Å². The van der Waals surface area contributed by atoms with Gasteiger partial charge >= 0.3 is 0 Å². The molecule has 3 heteroatoms. The first-order valence-electron chi connectivity index (χ1n) is 2.92. The summed E-state index contributed by atoms with van der Waals surface area (Å²) >= 11 is 4.10. The molecule has 0 aliphatic rings. The molecule has 0 fully saturated rings. The van der Waals surface area contributed by atoms with Gasteiger partial charge in [0.2, 0.25) is 0 Å². The first kappa shape index (κ1) is 5.80. The van der Waals surface area contributed by atoms with Gasteiger partial charge in [-0.3, -0.25) is 3.97 Å². The molecule has 0 bridgehead atoms. The minimum Gasteiger partial charge on any atom is -0.266 e. The molecule has 0 spiro atoms. The molecular weight excluding hydrogens is 144 g/mol. The molecule has 0 saturated heterocycles. The molecule has 1 radical (unpaired) electrons. The van der Waals surface area contributed by atoms with Crippen molar-refractivity contribution >= 4 is 23.8 Å². The van der Waals surface area contributed by atoms with E-state index in [1.165, 1.54) is 0 Å².